The maximum Gasteiger partial charge on any atom is 0.255 e. The normalized spacial score (nSPS) is 13.4. The third-order valence-electron chi connectivity index (χ3n) is 4.57. The van der Waals surface area contributed by atoms with Crippen molar-refractivity contribution in [1.82, 2.24) is 25.5 Å². The number of furan rings is 1. The van der Waals surface area contributed by atoms with Crippen LogP contribution in [0.25, 0.3) is 11.4 Å². The van der Waals surface area contributed by atoms with Crippen molar-refractivity contribution in [2.75, 3.05) is 6.54 Å². The molecular formula is C19H19N5O3. The lowest BCUT2D eigenvalue weighted by atomic mass is 9.93. The Bertz CT molecular complexity index is 990. The van der Waals surface area contributed by atoms with Gasteiger partial charge in [0.15, 0.2) is 11.6 Å². The minimum atomic E-state index is -0.292. The van der Waals surface area contributed by atoms with E-state index in [1.54, 1.807) is 19.3 Å². The van der Waals surface area contributed by atoms with E-state index in [2.05, 4.69) is 25.5 Å². The summed E-state index contributed by atoms with van der Waals surface area (Å²) in [6, 6.07) is 3.70. The molecule has 3 heterocycles. The topological polar surface area (TPSA) is 114 Å². The molecule has 0 fully saturated rings. The summed E-state index contributed by atoms with van der Waals surface area (Å²) in [7, 11) is 0. The smallest absolute Gasteiger partial charge is 0.255 e. The van der Waals surface area contributed by atoms with Crippen molar-refractivity contribution in [2.24, 2.45) is 0 Å². The van der Waals surface area contributed by atoms with Crippen LogP contribution in [0.1, 0.15) is 50.9 Å². The van der Waals surface area contributed by atoms with Gasteiger partial charge in [-0.15, -0.1) is 0 Å². The molecule has 0 aromatic carbocycles. The van der Waals surface area contributed by atoms with Crippen LogP contribution in [0.4, 0.5) is 0 Å². The van der Waals surface area contributed by atoms with Gasteiger partial charge in [-0.2, -0.15) is 5.10 Å². The van der Waals surface area contributed by atoms with E-state index in [0.29, 0.717) is 60.1 Å². The first kappa shape index (κ1) is 17.1. The molecule has 0 unspecified atom stereocenters. The molecule has 0 spiro atoms. The Kier molecular flexibility index (Phi) is 4.53. The third-order valence-corrected chi connectivity index (χ3v) is 4.57. The van der Waals surface area contributed by atoms with E-state index in [4.69, 9.17) is 4.42 Å². The minimum absolute atomic E-state index is 0.0189. The zero-order valence-electron chi connectivity index (χ0n) is 14.9. The van der Waals surface area contributed by atoms with Crippen LogP contribution in [0.15, 0.2) is 28.9 Å². The van der Waals surface area contributed by atoms with Gasteiger partial charge in [0.1, 0.15) is 17.3 Å². The summed E-state index contributed by atoms with van der Waals surface area (Å²) < 4.78 is 5.63. The lowest BCUT2D eigenvalue weighted by Gasteiger charge is -2.10. The summed E-state index contributed by atoms with van der Waals surface area (Å²) in [5, 5.41) is 9.88. The molecule has 1 amide bonds. The van der Waals surface area contributed by atoms with Crippen LogP contribution >= 0.6 is 0 Å². The summed E-state index contributed by atoms with van der Waals surface area (Å²) in [6.45, 7) is 2.09. The Morgan fingerprint density at radius 2 is 2.26 bits per heavy atom. The standard InChI is InChI=1S/C19H19N5O3/c1-11-16(17-13(25)5-2-6-14(17)27-11)19(26)21-9-7-15-22-18(24-23-15)12-4-3-8-20-10-12/h3-4,8,10H,2,5-7,9H2,1H3,(H,21,26)(H,22,23,24). The number of aromatic amines is 1. The molecule has 2 N–H and O–H groups in total. The zero-order valence-corrected chi connectivity index (χ0v) is 14.9. The van der Waals surface area contributed by atoms with E-state index in [9.17, 15) is 9.59 Å². The molecule has 1 aliphatic rings. The number of nitrogens with one attached hydrogen (secondary N) is 2. The highest BCUT2D eigenvalue weighted by Gasteiger charge is 2.30. The van der Waals surface area contributed by atoms with Crippen LogP contribution in [0.3, 0.4) is 0 Å². The highest BCUT2D eigenvalue weighted by Crippen LogP contribution is 2.29. The first-order valence-corrected chi connectivity index (χ1v) is 8.89. The Morgan fingerprint density at radius 3 is 3.07 bits per heavy atom. The van der Waals surface area contributed by atoms with Crippen LogP contribution in [0.2, 0.25) is 0 Å². The second kappa shape index (κ2) is 7.14. The van der Waals surface area contributed by atoms with E-state index < -0.39 is 0 Å². The molecule has 0 aliphatic heterocycles. The van der Waals surface area contributed by atoms with E-state index in [1.807, 2.05) is 12.1 Å². The number of hydrogen-bond acceptors (Lipinski definition) is 6. The number of ketones is 1. The number of rotatable bonds is 5. The molecule has 27 heavy (non-hydrogen) atoms. The van der Waals surface area contributed by atoms with Gasteiger partial charge in [-0.25, -0.2) is 4.98 Å². The van der Waals surface area contributed by atoms with Crippen molar-refractivity contribution in [3.8, 4) is 11.4 Å². The zero-order chi connectivity index (χ0) is 18.8. The molecular weight excluding hydrogens is 346 g/mol. The molecule has 8 nitrogen and oxygen atoms in total. The van der Waals surface area contributed by atoms with Crippen LogP contribution < -0.4 is 5.32 Å². The van der Waals surface area contributed by atoms with Crippen LogP contribution in [-0.4, -0.2) is 38.4 Å². The number of aryl methyl sites for hydroxylation is 2. The molecule has 3 aromatic heterocycles. The fraction of sp³-hybridized carbons (Fsp3) is 0.316. The molecule has 4 rings (SSSR count). The summed E-state index contributed by atoms with van der Waals surface area (Å²) in [5.74, 6) is 2.04. The summed E-state index contributed by atoms with van der Waals surface area (Å²) >= 11 is 0. The first-order chi connectivity index (χ1) is 13.1. The SMILES string of the molecule is Cc1oc2c(c1C(=O)NCCc1nc(-c3cccnc3)n[nH]1)C(=O)CCC2. The lowest BCUT2D eigenvalue weighted by molar-refractivity contribution is 0.0927. The van der Waals surface area contributed by atoms with Gasteiger partial charge in [0.2, 0.25) is 0 Å². The van der Waals surface area contributed by atoms with Gasteiger partial charge >= 0.3 is 0 Å². The van der Waals surface area contributed by atoms with Crippen molar-refractivity contribution in [3.63, 3.8) is 0 Å². The largest absolute Gasteiger partial charge is 0.465 e. The Labute approximate surface area is 155 Å². The summed E-state index contributed by atoms with van der Waals surface area (Å²) in [4.78, 5) is 33.2. The van der Waals surface area contributed by atoms with Gasteiger partial charge in [-0.1, -0.05) is 0 Å². The quantitative estimate of drug-likeness (QED) is 0.717. The van der Waals surface area contributed by atoms with Gasteiger partial charge in [0, 0.05) is 43.8 Å². The van der Waals surface area contributed by atoms with E-state index in [1.165, 1.54) is 0 Å². The average Bonchev–Trinajstić information content (AvgIpc) is 3.27. The number of aromatic nitrogens is 4. The fourth-order valence-corrected chi connectivity index (χ4v) is 3.30. The maximum atomic E-state index is 12.6. The van der Waals surface area contributed by atoms with Gasteiger partial charge in [0.25, 0.3) is 5.91 Å². The molecule has 0 atom stereocenters. The van der Waals surface area contributed by atoms with Crippen molar-refractivity contribution in [1.29, 1.82) is 0 Å². The monoisotopic (exact) mass is 365 g/mol. The second-order valence-electron chi connectivity index (χ2n) is 6.46. The van der Waals surface area contributed by atoms with Crippen LogP contribution in [0, 0.1) is 6.92 Å². The Morgan fingerprint density at radius 1 is 1.37 bits per heavy atom. The number of nitrogens with zero attached hydrogens (tertiary/aromatic N) is 3. The van der Waals surface area contributed by atoms with Gasteiger partial charge in [-0.3, -0.25) is 19.7 Å². The van der Waals surface area contributed by atoms with E-state index in [-0.39, 0.29) is 11.7 Å². The first-order valence-electron chi connectivity index (χ1n) is 8.89. The minimum Gasteiger partial charge on any atom is -0.465 e. The molecule has 1 aliphatic carbocycles. The maximum absolute atomic E-state index is 12.6. The summed E-state index contributed by atoms with van der Waals surface area (Å²) in [6.07, 6.45) is 5.80. The molecule has 8 heteroatoms. The lowest BCUT2D eigenvalue weighted by Crippen LogP contribution is -2.28. The van der Waals surface area contributed by atoms with Gasteiger partial charge < -0.3 is 9.73 Å². The molecule has 0 saturated heterocycles. The number of carbonyl (C=O) groups is 2. The van der Waals surface area contributed by atoms with E-state index in [0.717, 1.165) is 12.0 Å². The summed E-state index contributed by atoms with van der Waals surface area (Å²) in [5.41, 5.74) is 1.64. The number of carbonyl (C=O) groups excluding carboxylic acids is 2. The van der Waals surface area contributed by atoms with Crippen molar-refractivity contribution in [2.45, 2.75) is 32.6 Å². The Hall–Kier alpha value is -3.29. The second-order valence-corrected chi connectivity index (χ2v) is 6.46. The van der Waals surface area contributed by atoms with Crippen molar-refractivity contribution >= 4 is 11.7 Å². The number of pyridine rings is 1. The van der Waals surface area contributed by atoms with Crippen LogP contribution in [0.5, 0.6) is 0 Å². The molecule has 0 radical (unpaired) electrons. The molecule has 138 valence electrons. The molecule has 0 bridgehead atoms. The van der Waals surface area contributed by atoms with Crippen molar-refractivity contribution in [3.05, 3.63) is 53.0 Å². The predicted molar refractivity (Wildman–Crippen MR) is 96.4 cm³/mol. The number of amides is 1. The van der Waals surface area contributed by atoms with Gasteiger partial charge in [-0.05, 0) is 25.5 Å². The number of fused-ring (bicyclic) bond motifs is 1. The molecule has 0 saturated carbocycles. The van der Waals surface area contributed by atoms with Gasteiger partial charge in [0.05, 0.1) is 11.1 Å². The van der Waals surface area contributed by atoms with E-state index >= 15 is 0 Å². The number of H-pyrrole nitrogens is 1. The molecule has 3 aromatic rings. The Balaban J connectivity index is 1.40. The highest BCUT2D eigenvalue weighted by atomic mass is 16.3. The number of Topliss-reactive ketones (excluding diaryl/α,β-unsaturated/α-hetero) is 1. The van der Waals surface area contributed by atoms with Crippen LogP contribution in [-0.2, 0) is 12.8 Å². The third kappa shape index (κ3) is 3.38. The highest BCUT2D eigenvalue weighted by molar-refractivity contribution is 6.09. The number of hydrogen-bond donors (Lipinski definition) is 2. The fourth-order valence-electron chi connectivity index (χ4n) is 3.30. The van der Waals surface area contributed by atoms with Crippen molar-refractivity contribution < 1.29 is 14.0 Å². The average molecular weight is 365 g/mol. The predicted octanol–water partition coefficient (Wildman–Crippen LogP) is 2.26.